The maximum absolute atomic E-state index is 11.4. The second-order valence-electron chi connectivity index (χ2n) is 7.10. The van der Waals surface area contributed by atoms with Gasteiger partial charge in [-0.3, -0.25) is 9.78 Å². The number of nitrogens with one attached hydrogen (secondary N) is 1. The fraction of sp³-hybridized carbons (Fsp3) is 0.286. The van der Waals surface area contributed by atoms with Crippen LogP contribution in [0, 0.1) is 0 Å². The molecular weight excluding hydrogens is 356 g/mol. The molecule has 1 aromatic carbocycles. The zero-order chi connectivity index (χ0) is 19.1. The lowest BCUT2D eigenvalue weighted by molar-refractivity contribution is -0.119. The van der Waals surface area contributed by atoms with Gasteiger partial charge in [0.15, 0.2) is 0 Å². The van der Waals surface area contributed by atoms with Crippen LogP contribution in [0.4, 0.5) is 0 Å². The molecule has 1 fully saturated rings. The molecule has 2 unspecified atom stereocenters. The van der Waals surface area contributed by atoms with Crippen LogP contribution in [-0.4, -0.2) is 41.2 Å². The molecule has 2 aliphatic rings. The van der Waals surface area contributed by atoms with Gasteiger partial charge >= 0.3 is 0 Å². The average molecular weight is 376 g/mol. The lowest BCUT2D eigenvalue weighted by Crippen LogP contribution is -2.36. The average Bonchev–Trinajstić information content (AvgIpc) is 3.37. The topological polar surface area (TPSA) is 99.4 Å². The van der Waals surface area contributed by atoms with Crippen LogP contribution in [0.5, 0.6) is 11.6 Å². The number of primary amides is 1. The quantitative estimate of drug-likeness (QED) is 0.721. The van der Waals surface area contributed by atoms with Crippen LogP contribution in [0.3, 0.4) is 0 Å². The van der Waals surface area contributed by atoms with Crippen molar-refractivity contribution in [2.45, 2.75) is 25.0 Å². The number of nitrogens with zero attached hydrogens (tertiary/aromatic N) is 2. The van der Waals surface area contributed by atoms with Crippen molar-refractivity contribution in [2.24, 2.45) is 5.73 Å². The first-order valence-corrected chi connectivity index (χ1v) is 9.39. The highest BCUT2D eigenvalue weighted by Crippen LogP contribution is 2.37. The van der Waals surface area contributed by atoms with E-state index in [1.807, 2.05) is 36.4 Å². The lowest BCUT2D eigenvalue weighted by Gasteiger charge is -2.15. The van der Waals surface area contributed by atoms with Gasteiger partial charge in [0.2, 0.25) is 11.8 Å². The third kappa shape index (κ3) is 2.93. The summed E-state index contributed by atoms with van der Waals surface area (Å²) in [5, 5.41) is 4.11. The molecule has 2 aromatic heterocycles. The minimum atomic E-state index is -0.363. The normalized spacial score (nSPS) is 20.7. The minimum absolute atomic E-state index is 0.160. The van der Waals surface area contributed by atoms with Crippen molar-refractivity contribution in [3.05, 3.63) is 48.2 Å². The number of fused-ring (bicyclic) bond motifs is 3. The first-order valence-electron chi connectivity index (χ1n) is 9.39. The first-order chi connectivity index (χ1) is 13.7. The number of carbonyl (C=O) groups excluding carboxylic acids is 1. The summed E-state index contributed by atoms with van der Waals surface area (Å²) < 4.78 is 11.8. The highest BCUT2D eigenvalue weighted by Gasteiger charge is 2.30. The fourth-order valence-corrected chi connectivity index (χ4v) is 3.92. The van der Waals surface area contributed by atoms with Crippen molar-refractivity contribution in [2.75, 3.05) is 13.2 Å². The van der Waals surface area contributed by atoms with E-state index in [-0.39, 0.29) is 18.1 Å². The third-order valence-corrected chi connectivity index (χ3v) is 5.29. The molecule has 7 nitrogen and oxygen atoms in total. The van der Waals surface area contributed by atoms with Gasteiger partial charge in [-0.2, -0.15) is 0 Å². The molecule has 28 heavy (non-hydrogen) atoms. The van der Waals surface area contributed by atoms with Crippen LogP contribution in [0.1, 0.15) is 12.0 Å². The molecule has 0 aliphatic carbocycles. The van der Waals surface area contributed by atoms with E-state index in [4.69, 9.17) is 20.2 Å². The second kappa shape index (κ2) is 6.76. The summed E-state index contributed by atoms with van der Waals surface area (Å²) in [5.74, 6) is 1.03. The van der Waals surface area contributed by atoms with Crippen LogP contribution in [0.25, 0.3) is 22.2 Å². The smallest absolute Gasteiger partial charge is 0.234 e. The molecule has 0 bridgehead atoms. The predicted molar refractivity (Wildman–Crippen MR) is 104 cm³/mol. The van der Waals surface area contributed by atoms with Crippen LogP contribution in [-0.2, 0) is 11.2 Å². The number of pyridine rings is 2. The molecule has 1 amide bonds. The van der Waals surface area contributed by atoms with Crippen molar-refractivity contribution in [3.8, 4) is 22.9 Å². The van der Waals surface area contributed by atoms with E-state index in [0.717, 1.165) is 39.9 Å². The van der Waals surface area contributed by atoms with Crippen molar-refractivity contribution < 1.29 is 14.3 Å². The molecule has 0 saturated carbocycles. The Morgan fingerprint density at radius 1 is 1.29 bits per heavy atom. The van der Waals surface area contributed by atoms with Crippen LogP contribution in [0.2, 0.25) is 0 Å². The van der Waals surface area contributed by atoms with Crippen molar-refractivity contribution in [3.63, 3.8) is 0 Å². The maximum atomic E-state index is 11.4. The monoisotopic (exact) mass is 376 g/mol. The Morgan fingerprint density at radius 2 is 2.21 bits per heavy atom. The SMILES string of the molecule is NC(=O)C1CC(Oc2cc(-c3ccccn3)c3ccc4c(c3n2)CCO4)CN1. The standard InChI is InChI=1S/C21H20N4O3/c22-21(26)17-9-12(11-24-17)28-19-10-15(16-3-1-2-7-23-16)13-4-5-18-14(6-8-27-18)20(13)25-19/h1-5,7,10,12,17,24H,6,8-9,11H2,(H2,22,26). The van der Waals surface area contributed by atoms with E-state index in [2.05, 4.69) is 10.3 Å². The number of hydrogen-bond donors (Lipinski definition) is 2. The van der Waals surface area contributed by atoms with Gasteiger partial charge in [0, 0.05) is 48.2 Å². The molecule has 142 valence electrons. The fourth-order valence-electron chi connectivity index (χ4n) is 3.92. The molecule has 0 radical (unpaired) electrons. The van der Waals surface area contributed by atoms with Gasteiger partial charge < -0.3 is 20.5 Å². The Bertz CT molecular complexity index is 1050. The van der Waals surface area contributed by atoms with Crippen LogP contribution in [0.15, 0.2) is 42.6 Å². The summed E-state index contributed by atoms with van der Waals surface area (Å²) in [4.78, 5) is 20.7. The summed E-state index contributed by atoms with van der Waals surface area (Å²) in [6, 6.07) is 11.4. The summed E-state index contributed by atoms with van der Waals surface area (Å²) in [6.45, 7) is 1.22. The second-order valence-corrected chi connectivity index (χ2v) is 7.10. The van der Waals surface area contributed by atoms with E-state index < -0.39 is 0 Å². The summed E-state index contributed by atoms with van der Waals surface area (Å²) in [6.07, 6.45) is 2.97. The lowest BCUT2D eigenvalue weighted by atomic mass is 10.0. The van der Waals surface area contributed by atoms with Gasteiger partial charge in [-0.25, -0.2) is 4.98 Å². The highest BCUT2D eigenvalue weighted by molar-refractivity contribution is 5.97. The Balaban J connectivity index is 1.59. The molecule has 4 heterocycles. The molecule has 0 spiro atoms. The number of hydrogen-bond acceptors (Lipinski definition) is 6. The summed E-state index contributed by atoms with van der Waals surface area (Å²) in [7, 11) is 0. The molecular formula is C21H20N4O3. The van der Waals surface area contributed by atoms with E-state index in [1.54, 1.807) is 6.20 Å². The molecule has 3 N–H and O–H groups in total. The molecule has 2 atom stereocenters. The zero-order valence-electron chi connectivity index (χ0n) is 15.2. The predicted octanol–water partition coefficient (Wildman–Crippen LogP) is 1.83. The molecule has 1 saturated heterocycles. The molecule has 7 heteroatoms. The maximum Gasteiger partial charge on any atom is 0.234 e. The van der Waals surface area contributed by atoms with Gasteiger partial charge in [0.05, 0.1) is 23.9 Å². The Kier molecular flexibility index (Phi) is 4.09. The number of carbonyl (C=O) groups is 1. The number of aromatic nitrogens is 2. The zero-order valence-corrected chi connectivity index (χ0v) is 15.2. The molecule has 2 aliphatic heterocycles. The van der Waals surface area contributed by atoms with Gasteiger partial charge in [0.1, 0.15) is 11.9 Å². The van der Waals surface area contributed by atoms with Crippen LogP contribution < -0.4 is 20.5 Å². The Morgan fingerprint density at radius 3 is 3.00 bits per heavy atom. The van der Waals surface area contributed by atoms with Crippen molar-refractivity contribution in [1.29, 1.82) is 0 Å². The number of amides is 1. The van der Waals surface area contributed by atoms with E-state index in [0.29, 0.717) is 25.5 Å². The van der Waals surface area contributed by atoms with Gasteiger partial charge in [-0.1, -0.05) is 6.07 Å². The summed E-state index contributed by atoms with van der Waals surface area (Å²) >= 11 is 0. The largest absolute Gasteiger partial charge is 0.493 e. The van der Waals surface area contributed by atoms with Crippen LogP contribution >= 0.6 is 0 Å². The molecule has 3 aromatic rings. The highest BCUT2D eigenvalue weighted by atomic mass is 16.5. The summed E-state index contributed by atoms with van der Waals surface area (Å²) in [5.41, 5.74) is 9.20. The van der Waals surface area contributed by atoms with E-state index in [1.165, 1.54) is 0 Å². The minimum Gasteiger partial charge on any atom is -0.493 e. The van der Waals surface area contributed by atoms with Gasteiger partial charge in [-0.05, 0) is 24.3 Å². The van der Waals surface area contributed by atoms with E-state index >= 15 is 0 Å². The first kappa shape index (κ1) is 16.9. The van der Waals surface area contributed by atoms with E-state index in [9.17, 15) is 4.79 Å². The van der Waals surface area contributed by atoms with Crippen molar-refractivity contribution >= 4 is 16.8 Å². The Labute approximate surface area is 161 Å². The number of rotatable bonds is 4. The van der Waals surface area contributed by atoms with Crippen molar-refractivity contribution in [1.82, 2.24) is 15.3 Å². The van der Waals surface area contributed by atoms with Gasteiger partial charge in [-0.15, -0.1) is 0 Å². The number of ether oxygens (including phenoxy) is 2. The number of nitrogens with two attached hydrogens (primary N) is 1. The van der Waals surface area contributed by atoms with Gasteiger partial charge in [0.25, 0.3) is 0 Å². The number of benzene rings is 1. The molecule has 5 rings (SSSR count). The Hall–Kier alpha value is -3.19. The third-order valence-electron chi connectivity index (χ3n) is 5.29.